The van der Waals surface area contributed by atoms with E-state index in [2.05, 4.69) is 25.1 Å². The molecule has 2 aliphatic rings. The van der Waals surface area contributed by atoms with Gasteiger partial charge >= 0.3 is 0 Å². The number of anilines is 2. The lowest BCUT2D eigenvalue weighted by Crippen LogP contribution is -2.37. The Labute approximate surface area is 157 Å². The molecule has 6 nitrogen and oxygen atoms in total. The molecule has 3 heterocycles. The number of morpholine rings is 1. The summed E-state index contributed by atoms with van der Waals surface area (Å²) < 4.78 is 32.3. The van der Waals surface area contributed by atoms with Crippen molar-refractivity contribution in [3.8, 4) is 0 Å². The zero-order chi connectivity index (χ0) is 18.6. The number of ether oxygens (including phenoxy) is 1. The van der Waals surface area contributed by atoms with Gasteiger partial charge in [-0.2, -0.15) is 4.98 Å². The number of benzene rings is 1. The second-order valence-corrected chi connectivity index (χ2v) is 6.94. The maximum Gasteiger partial charge on any atom is 0.224 e. The van der Waals surface area contributed by atoms with E-state index in [0.29, 0.717) is 31.3 Å². The Kier molecular flexibility index (Phi) is 5.45. The predicted molar refractivity (Wildman–Crippen MR) is 98.7 cm³/mol. The first-order chi connectivity index (χ1) is 13.2. The van der Waals surface area contributed by atoms with E-state index in [9.17, 15) is 8.78 Å². The molecule has 2 aliphatic heterocycles. The van der Waals surface area contributed by atoms with Crippen LogP contribution in [0.2, 0.25) is 0 Å². The van der Waals surface area contributed by atoms with Gasteiger partial charge in [0.15, 0.2) is 0 Å². The number of hydrogen-bond donors (Lipinski definition) is 1. The van der Waals surface area contributed by atoms with E-state index >= 15 is 0 Å². The van der Waals surface area contributed by atoms with Crippen LogP contribution in [0.1, 0.15) is 12.0 Å². The third-order valence-corrected chi connectivity index (χ3v) is 4.99. The van der Waals surface area contributed by atoms with Gasteiger partial charge in [-0.3, -0.25) is 4.90 Å². The van der Waals surface area contributed by atoms with Crippen molar-refractivity contribution in [2.75, 3.05) is 49.6 Å². The lowest BCUT2D eigenvalue weighted by molar-refractivity contribution is 0.122. The summed E-state index contributed by atoms with van der Waals surface area (Å²) >= 11 is 0. The number of rotatable bonds is 5. The van der Waals surface area contributed by atoms with E-state index in [1.54, 1.807) is 6.20 Å². The zero-order valence-electron chi connectivity index (χ0n) is 15.1. The quantitative estimate of drug-likeness (QED) is 0.865. The average Bonchev–Trinajstić information content (AvgIpc) is 3.12. The van der Waals surface area contributed by atoms with Gasteiger partial charge in [-0.15, -0.1) is 0 Å². The summed E-state index contributed by atoms with van der Waals surface area (Å²) in [6.07, 6.45) is 2.69. The van der Waals surface area contributed by atoms with Crippen LogP contribution in [0.4, 0.5) is 20.5 Å². The van der Waals surface area contributed by atoms with Gasteiger partial charge in [-0.1, -0.05) is 6.07 Å². The van der Waals surface area contributed by atoms with Gasteiger partial charge in [0.05, 0.1) is 13.2 Å². The number of hydrogen-bond acceptors (Lipinski definition) is 6. The van der Waals surface area contributed by atoms with Crippen LogP contribution in [0.25, 0.3) is 0 Å². The molecule has 1 atom stereocenters. The summed E-state index contributed by atoms with van der Waals surface area (Å²) in [5.74, 6) is 0.473. The van der Waals surface area contributed by atoms with Crippen molar-refractivity contribution in [2.45, 2.75) is 19.0 Å². The first-order valence-corrected chi connectivity index (χ1v) is 9.26. The molecular weight excluding hydrogens is 352 g/mol. The summed E-state index contributed by atoms with van der Waals surface area (Å²) in [5, 5.41) is 3.38. The van der Waals surface area contributed by atoms with Gasteiger partial charge in [-0.25, -0.2) is 13.8 Å². The monoisotopic (exact) mass is 375 g/mol. The van der Waals surface area contributed by atoms with E-state index in [-0.39, 0.29) is 6.04 Å². The molecule has 2 fully saturated rings. The van der Waals surface area contributed by atoms with Gasteiger partial charge < -0.3 is 15.0 Å². The third-order valence-electron chi connectivity index (χ3n) is 4.99. The van der Waals surface area contributed by atoms with Crippen molar-refractivity contribution < 1.29 is 13.5 Å². The fraction of sp³-hybridized carbons (Fsp3) is 0.474. The van der Waals surface area contributed by atoms with Crippen LogP contribution in [-0.2, 0) is 11.3 Å². The molecule has 0 spiro atoms. The van der Waals surface area contributed by atoms with Crippen molar-refractivity contribution in [3.05, 3.63) is 47.7 Å². The number of likely N-dealkylation sites (tertiary alicyclic amines) is 1. The molecule has 4 rings (SSSR count). The molecule has 144 valence electrons. The minimum atomic E-state index is -0.547. The molecule has 0 saturated carbocycles. The molecule has 27 heavy (non-hydrogen) atoms. The van der Waals surface area contributed by atoms with Crippen LogP contribution in [-0.4, -0.2) is 60.3 Å². The maximum atomic E-state index is 13.9. The van der Waals surface area contributed by atoms with Crippen LogP contribution in [0, 0.1) is 11.6 Å². The van der Waals surface area contributed by atoms with Crippen molar-refractivity contribution in [1.82, 2.24) is 14.9 Å². The summed E-state index contributed by atoms with van der Waals surface area (Å²) in [6.45, 7) is 5.17. The molecule has 1 N–H and O–H groups in total. The third kappa shape index (κ3) is 4.51. The van der Waals surface area contributed by atoms with Crippen LogP contribution in [0.15, 0.2) is 30.5 Å². The van der Waals surface area contributed by atoms with Crippen molar-refractivity contribution in [1.29, 1.82) is 0 Å². The van der Waals surface area contributed by atoms with E-state index in [4.69, 9.17) is 4.74 Å². The average molecular weight is 375 g/mol. The fourth-order valence-electron chi connectivity index (χ4n) is 3.55. The Bertz CT molecular complexity index is 784. The molecule has 2 saturated heterocycles. The van der Waals surface area contributed by atoms with Gasteiger partial charge in [0.2, 0.25) is 5.95 Å². The van der Waals surface area contributed by atoms with Crippen molar-refractivity contribution in [2.24, 2.45) is 0 Å². The van der Waals surface area contributed by atoms with Crippen molar-refractivity contribution >= 4 is 11.8 Å². The SMILES string of the molecule is Fc1ccc(CN2CCC(Nc3nccc(N4CCOCC4)n3)C2)c(F)c1. The lowest BCUT2D eigenvalue weighted by atomic mass is 10.2. The maximum absolute atomic E-state index is 13.9. The Hall–Kier alpha value is -2.32. The largest absolute Gasteiger partial charge is 0.378 e. The highest BCUT2D eigenvalue weighted by Gasteiger charge is 2.24. The Morgan fingerprint density at radius 3 is 2.81 bits per heavy atom. The zero-order valence-corrected chi connectivity index (χ0v) is 15.1. The molecule has 0 bridgehead atoms. The molecular formula is C19H23F2N5O. The van der Waals surface area contributed by atoms with E-state index in [1.165, 1.54) is 12.1 Å². The molecule has 1 aromatic heterocycles. The normalized spacial score (nSPS) is 20.8. The minimum absolute atomic E-state index is 0.202. The molecule has 0 amide bonds. The molecule has 1 unspecified atom stereocenters. The van der Waals surface area contributed by atoms with Crippen LogP contribution < -0.4 is 10.2 Å². The molecule has 1 aromatic carbocycles. The van der Waals surface area contributed by atoms with E-state index in [1.807, 2.05) is 6.07 Å². The minimum Gasteiger partial charge on any atom is -0.378 e. The predicted octanol–water partition coefficient (Wildman–Crippen LogP) is 2.28. The van der Waals surface area contributed by atoms with E-state index < -0.39 is 11.6 Å². The Morgan fingerprint density at radius 1 is 1.15 bits per heavy atom. The highest BCUT2D eigenvalue weighted by atomic mass is 19.1. The van der Waals surface area contributed by atoms with Gasteiger partial charge in [-0.05, 0) is 18.6 Å². The fourth-order valence-corrected chi connectivity index (χ4v) is 3.55. The number of nitrogens with zero attached hydrogens (tertiary/aromatic N) is 4. The number of nitrogens with one attached hydrogen (secondary N) is 1. The topological polar surface area (TPSA) is 53.5 Å². The summed E-state index contributed by atoms with van der Waals surface area (Å²) in [6, 6.07) is 5.87. The van der Waals surface area contributed by atoms with Gasteiger partial charge in [0.25, 0.3) is 0 Å². The summed E-state index contributed by atoms with van der Waals surface area (Å²) in [5.41, 5.74) is 0.516. The van der Waals surface area contributed by atoms with Crippen LogP contribution >= 0.6 is 0 Å². The lowest BCUT2D eigenvalue weighted by Gasteiger charge is -2.28. The highest BCUT2D eigenvalue weighted by molar-refractivity contribution is 5.43. The molecule has 0 aliphatic carbocycles. The number of halogens is 2. The smallest absolute Gasteiger partial charge is 0.224 e. The standard InChI is InChI=1S/C19H23F2N5O/c20-15-2-1-14(17(21)11-15)12-25-6-4-16(13-25)23-19-22-5-3-18(24-19)26-7-9-27-10-8-26/h1-3,5,11,16H,4,6-10,12-13H2,(H,22,23,24). The van der Waals surface area contributed by atoms with Gasteiger partial charge in [0, 0.05) is 56.6 Å². The van der Waals surface area contributed by atoms with Gasteiger partial charge in [0.1, 0.15) is 17.5 Å². The van der Waals surface area contributed by atoms with E-state index in [0.717, 1.165) is 44.5 Å². The second-order valence-electron chi connectivity index (χ2n) is 6.94. The molecule has 0 radical (unpaired) electrons. The molecule has 8 heteroatoms. The highest BCUT2D eigenvalue weighted by Crippen LogP contribution is 2.20. The Balaban J connectivity index is 1.34. The summed E-state index contributed by atoms with van der Waals surface area (Å²) in [4.78, 5) is 13.3. The number of aromatic nitrogens is 2. The first kappa shape index (κ1) is 18.1. The van der Waals surface area contributed by atoms with Crippen molar-refractivity contribution in [3.63, 3.8) is 0 Å². The van der Waals surface area contributed by atoms with Crippen LogP contribution in [0.3, 0.4) is 0 Å². The summed E-state index contributed by atoms with van der Waals surface area (Å²) in [7, 11) is 0. The Morgan fingerprint density at radius 2 is 2.00 bits per heavy atom. The van der Waals surface area contributed by atoms with Crippen LogP contribution in [0.5, 0.6) is 0 Å². The molecule has 2 aromatic rings. The first-order valence-electron chi connectivity index (χ1n) is 9.26. The second kappa shape index (κ2) is 8.14.